The average Bonchev–Trinajstić information content (AvgIpc) is 2.39. The van der Waals surface area contributed by atoms with Gasteiger partial charge in [0.15, 0.2) is 0 Å². The fraction of sp³-hybridized carbons (Fsp3) is 0.667. The first kappa shape index (κ1) is 12.1. The maximum atomic E-state index is 5.77. The molecule has 1 aliphatic rings. The van der Waals surface area contributed by atoms with E-state index in [1.54, 1.807) is 0 Å². The van der Waals surface area contributed by atoms with Crippen molar-refractivity contribution >= 4 is 5.82 Å². The van der Waals surface area contributed by atoms with Gasteiger partial charge < -0.3 is 14.8 Å². The summed E-state index contributed by atoms with van der Waals surface area (Å²) in [6, 6.07) is 0. The Kier molecular flexibility index (Phi) is 4.14. The van der Waals surface area contributed by atoms with Gasteiger partial charge in [0.05, 0.1) is 12.2 Å². The fourth-order valence-electron chi connectivity index (χ4n) is 1.94. The van der Waals surface area contributed by atoms with Crippen molar-refractivity contribution in [3.8, 4) is 5.88 Å². The summed E-state index contributed by atoms with van der Waals surface area (Å²) < 4.78 is 11.1. The molecule has 0 amide bonds. The summed E-state index contributed by atoms with van der Waals surface area (Å²) in [6.45, 7) is 4.37. The van der Waals surface area contributed by atoms with E-state index in [0.29, 0.717) is 18.4 Å². The summed E-state index contributed by atoms with van der Waals surface area (Å²) in [5.74, 6) is 2.08. The van der Waals surface area contributed by atoms with Crippen molar-refractivity contribution in [2.45, 2.75) is 19.8 Å². The van der Waals surface area contributed by atoms with Crippen molar-refractivity contribution in [1.82, 2.24) is 9.97 Å². The minimum absolute atomic E-state index is 0.580. The van der Waals surface area contributed by atoms with Crippen LogP contribution < -0.4 is 10.1 Å². The van der Waals surface area contributed by atoms with Gasteiger partial charge in [-0.25, -0.2) is 9.97 Å². The largest absolute Gasteiger partial charge is 0.477 e. The zero-order valence-electron chi connectivity index (χ0n) is 10.4. The Bertz CT molecular complexity index is 365. The molecule has 1 aliphatic heterocycles. The third kappa shape index (κ3) is 3.06. The van der Waals surface area contributed by atoms with Crippen LogP contribution in [0.5, 0.6) is 5.88 Å². The number of nitrogens with one attached hydrogen (secondary N) is 1. The molecule has 0 saturated carbocycles. The number of rotatable bonds is 4. The molecule has 5 nitrogen and oxygen atoms in total. The number of hydrogen-bond donors (Lipinski definition) is 1. The molecule has 0 aromatic carbocycles. The molecule has 0 bridgehead atoms. The van der Waals surface area contributed by atoms with Gasteiger partial charge in [-0.15, -0.1) is 0 Å². The van der Waals surface area contributed by atoms with Crippen LogP contribution in [0.1, 0.15) is 18.4 Å². The second-order valence-corrected chi connectivity index (χ2v) is 4.27. The summed E-state index contributed by atoms with van der Waals surface area (Å²) in [5.41, 5.74) is 0.960. The van der Waals surface area contributed by atoms with E-state index in [4.69, 9.17) is 9.47 Å². The second kappa shape index (κ2) is 5.82. The number of hydrogen-bond acceptors (Lipinski definition) is 5. The van der Waals surface area contributed by atoms with E-state index in [1.165, 1.54) is 6.33 Å². The van der Waals surface area contributed by atoms with Crippen LogP contribution in [0.2, 0.25) is 0 Å². The zero-order valence-corrected chi connectivity index (χ0v) is 10.4. The van der Waals surface area contributed by atoms with Crippen LogP contribution in [0.25, 0.3) is 0 Å². The molecule has 1 saturated heterocycles. The van der Waals surface area contributed by atoms with Gasteiger partial charge in [-0.1, -0.05) is 0 Å². The Labute approximate surface area is 102 Å². The molecule has 0 radical (unpaired) electrons. The monoisotopic (exact) mass is 237 g/mol. The Balaban J connectivity index is 1.93. The molecule has 1 N–H and O–H groups in total. The Morgan fingerprint density at radius 1 is 1.41 bits per heavy atom. The standard InChI is InChI=1S/C12H19N3O2/c1-9-11(13-2)14-8-15-12(9)17-7-10-3-5-16-6-4-10/h8,10H,3-7H2,1-2H3,(H,13,14,15). The normalized spacial score (nSPS) is 16.8. The minimum atomic E-state index is 0.580. The molecule has 0 atom stereocenters. The van der Waals surface area contributed by atoms with Crippen molar-refractivity contribution < 1.29 is 9.47 Å². The van der Waals surface area contributed by atoms with Crippen molar-refractivity contribution in [1.29, 1.82) is 0 Å². The molecular weight excluding hydrogens is 218 g/mol. The van der Waals surface area contributed by atoms with E-state index < -0.39 is 0 Å². The molecule has 2 rings (SSSR count). The van der Waals surface area contributed by atoms with Crippen molar-refractivity contribution in [2.75, 3.05) is 32.2 Å². The lowest BCUT2D eigenvalue weighted by Gasteiger charge is -2.22. The number of anilines is 1. The quantitative estimate of drug-likeness (QED) is 0.862. The molecule has 5 heteroatoms. The van der Waals surface area contributed by atoms with Crippen LogP contribution in [0, 0.1) is 12.8 Å². The van der Waals surface area contributed by atoms with Gasteiger partial charge in [-0.2, -0.15) is 0 Å². The van der Waals surface area contributed by atoms with E-state index in [0.717, 1.165) is 37.4 Å². The van der Waals surface area contributed by atoms with Gasteiger partial charge in [-0.3, -0.25) is 0 Å². The maximum absolute atomic E-state index is 5.77. The highest BCUT2D eigenvalue weighted by Gasteiger charge is 2.15. The van der Waals surface area contributed by atoms with Gasteiger partial charge in [0.2, 0.25) is 5.88 Å². The van der Waals surface area contributed by atoms with Crippen LogP contribution in [-0.2, 0) is 4.74 Å². The lowest BCUT2D eigenvalue weighted by molar-refractivity contribution is 0.0489. The molecule has 94 valence electrons. The van der Waals surface area contributed by atoms with E-state index in [2.05, 4.69) is 15.3 Å². The Morgan fingerprint density at radius 3 is 2.88 bits per heavy atom. The van der Waals surface area contributed by atoms with Crippen LogP contribution in [-0.4, -0.2) is 36.8 Å². The van der Waals surface area contributed by atoms with Crippen LogP contribution in [0.3, 0.4) is 0 Å². The Morgan fingerprint density at radius 2 is 2.18 bits per heavy atom. The first-order valence-electron chi connectivity index (χ1n) is 6.01. The van der Waals surface area contributed by atoms with Crippen molar-refractivity contribution in [3.63, 3.8) is 0 Å². The Hall–Kier alpha value is -1.36. The number of ether oxygens (including phenoxy) is 2. The molecule has 2 heterocycles. The third-order valence-corrected chi connectivity index (χ3v) is 3.07. The van der Waals surface area contributed by atoms with Crippen LogP contribution in [0.15, 0.2) is 6.33 Å². The van der Waals surface area contributed by atoms with Gasteiger partial charge in [0.1, 0.15) is 12.1 Å². The topological polar surface area (TPSA) is 56.3 Å². The predicted molar refractivity (Wildman–Crippen MR) is 65.4 cm³/mol. The summed E-state index contributed by atoms with van der Waals surface area (Å²) in [4.78, 5) is 8.30. The maximum Gasteiger partial charge on any atom is 0.221 e. The van der Waals surface area contributed by atoms with Gasteiger partial charge in [0.25, 0.3) is 0 Å². The lowest BCUT2D eigenvalue weighted by atomic mass is 10.0. The van der Waals surface area contributed by atoms with E-state index in [-0.39, 0.29) is 0 Å². The highest BCUT2D eigenvalue weighted by atomic mass is 16.5. The number of nitrogens with zero attached hydrogens (tertiary/aromatic N) is 2. The number of aromatic nitrogens is 2. The molecule has 1 aromatic rings. The molecule has 0 aliphatic carbocycles. The highest BCUT2D eigenvalue weighted by Crippen LogP contribution is 2.22. The van der Waals surface area contributed by atoms with Crippen LogP contribution >= 0.6 is 0 Å². The fourth-order valence-corrected chi connectivity index (χ4v) is 1.94. The summed E-state index contributed by atoms with van der Waals surface area (Å²) in [6.07, 6.45) is 3.67. The molecule has 0 unspecified atom stereocenters. The molecule has 17 heavy (non-hydrogen) atoms. The summed E-state index contributed by atoms with van der Waals surface area (Å²) >= 11 is 0. The average molecular weight is 237 g/mol. The predicted octanol–water partition coefficient (Wildman–Crippen LogP) is 1.63. The van der Waals surface area contributed by atoms with Crippen LogP contribution in [0.4, 0.5) is 5.82 Å². The van der Waals surface area contributed by atoms with Gasteiger partial charge >= 0.3 is 0 Å². The summed E-state index contributed by atoms with van der Waals surface area (Å²) in [7, 11) is 1.84. The van der Waals surface area contributed by atoms with E-state index in [9.17, 15) is 0 Å². The van der Waals surface area contributed by atoms with Crippen molar-refractivity contribution in [2.24, 2.45) is 5.92 Å². The first-order valence-corrected chi connectivity index (χ1v) is 6.01. The van der Waals surface area contributed by atoms with E-state index in [1.807, 2.05) is 14.0 Å². The van der Waals surface area contributed by atoms with Gasteiger partial charge in [0, 0.05) is 20.3 Å². The highest BCUT2D eigenvalue weighted by molar-refractivity contribution is 5.46. The van der Waals surface area contributed by atoms with Gasteiger partial charge in [-0.05, 0) is 25.7 Å². The molecular formula is C12H19N3O2. The molecule has 1 fully saturated rings. The molecule has 1 aromatic heterocycles. The zero-order chi connectivity index (χ0) is 12.1. The third-order valence-electron chi connectivity index (χ3n) is 3.07. The SMILES string of the molecule is CNc1ncnc(OCC2CCOCC2)c1C. The van der Waals surface area contributed by atoms with E-state index >= 15 is 0 Å². The first-order chi connectivity index (χ1) is 8.31. The van der Waals surface area contributed by atoms with Crippen molar-refractivity contribution in [3.05, 3.63) is 11.9 Å². The smallest absolute Gasteiger partial charge is 0.221 e. The lowest BCUT2D eigenvalue weighted by Crippen LogP contribution is -2.22. The minimum Gasteiger partial charge on any atom is -0.477 e. The second-order valence-electron chi connectivity index (χ2n) is 4.27. The summed E-state index contributed by atoms with van der Waals surface area (Å²) in [5, 5.41) is 3.02. The molecule has 0 spiro atoms.